The summed E-state index contributed by atoms with van der Waals surface area (Å²) in [6.07, 6.45) is 6.43. The summed E-state index contributed by atoms with van der Waals surface area (Å²) >= 11 is 9.54. The van der Waals surface area contributed by atoms with E-state index in [4.69, 9.17) is 0 Å². The number of hydrogen-bond donors (Lipinski definition) is 0. The first-order chi connectivity index (χ1) is 26.6. The van der Waals surface area contributed by atoms with Gasteiger partial charge in [-0.3, -0.25) is 0 Å². The molecule has 0 unspecified atom stereocenters. The van der Waals surface area contributed by atoms with Crippen LogP contribution in [0.25, 0.3) is 12.2 Å². The molecule has 0 spiro atoms. The molecule has 0 saturated heterocycles. The molecule has 308 valence electrons. The van der Waals surface area contributed by atoms with Crippen molar-refractivity contribution in [3.05, 3.63) is 217 Å². The Morgan fingerprint density at radius 3 is 1.21 bits per heavy atom. The Kier molecular flexibility index (Phi) is 38.5. The standard InChI is InChI=1S/C16H20Si.C16H18Si.C8H10.C8H8.CH4.I3.I2.HI/c2*1-17(2,16-11-7-4-8-12-16)14-13-15-9-5-3-6-10-15;2*1-2-8-6-4-3-5-7-8;;1-3-2;1-2;/h3-12H,13-14H2,1-2H3;3-14H,1-2H3;3-7H,2H2,1H3;2-7H,1H2;1H4;;;1H/q;;;;;-1;;/b;14-13+;;;;;;. The zero-order valence-electron chi connectivity index (χ0n) is 33.2. The van der Waals surface area contributed by atoms with Crippen LogP contribution < -0.4 is 23.6 Å². The van der Waals surface area contributed by atoms with E-state index in [1.54, 1.807) is 5.19 Å². The Morgan fingerprint density at radius 2 is 0.860 bits per heavy atom. The molecule has 6 aromatic rings. The molecule has 0 heterocycles. The van der Waals surface area contributed by atoms with E-state index in [1.165, 1.54) is 39.9 Å². The summed E-state index contributed by atoms with van der Waals surface area (Å²) in [4.78, 5) is 0. The number of hydrogen-bond acceptors (Lipinski definition) is 0. The molecule has 6 aromatic carbocycles. The Labute approximate surface area is 420 Å². The topological polar surface area (TPSA) is 0 Å². The van der Waals surface area contributed by atoms with Crippen molar-refractivity contribution in [3.63, 3.8) is 0 Å². The average molecular weight is 1470 g/mol. The van der Waals surface area contributed by atoms with Gasteiger partial charge in [-0.2, -0.15) is 0 Å². The summed E-state index contributed by atoms with van der Waals surface area (Å²) in [7, 11) is -2.70. The van der Waals surface area contributed by atoms with Gasteiger partial charge in [-0.15, -0.1) is 24.0 Å². The molecule has 0 saturated carbocycles. The van der Waals surface area contributed by atoms with E-state index in [1.807, 2.05) is 42.5 Å². The molecule has 0 aliphatic rings. The third-order valence-corrected chi connectivity index (χ3v) is 15.0. The molecule has 0 radical (unpaired) electrons. The van der Waals surface area contributed by atoms with Gasteiger partial charge in [-0.25, -0.2) is 0 Å². The molecule has 0 bridgehead atoms. The van der Waals surface area contributed by atoms with Crippen LogP contribution in [0.3, 0.4) is 0 Å². The molecule has 0 aromatic heterocycles. The van der Waals surface area contributed by atoms with Gasteiger partial charge in [-0.05, 0) is 41.1 Å². The van der Waals surface area contributed by atoms with Gasteiger partial charge in [0.2, 0.25) is 0 Å². The van der Waals surface area contributed by atoms with E-state index < -0.39 is 16.1 Å². The van der Waals surface area contributed by atoms with Crippen molar-refractivity contribution in [1.29, 1.82) is 0 Å². The third-order valence-electron chi connectivity index (χ3n) is 8.73. The predicted octanol–water partition coefficient (Wildman–Crippen LogP) is 14.1. The van der Waals surface area contributed by atoms with Crippen molar-refractivity contribution in [1.82, 2.24) is 0 Å². The second-order valence-corrected chi connectivity index (χ2v) is 39.0. The van der Waals surface area contributed by atoms with Crippen molar-refractivity contribution < 1.29 is 13.3 Å². The van der Waals surface area contributed by atoms with Crippen molar-refractivity contribution >= 4 is 137 Å². The molecule has 0 aliphatic carbocycles. The van der Waals surface area contributed by atoms with Gasteiger partial charge in [0.05, 0.1) is 8.07 Å². The minimum absolute atomic E-state index is 0. The molecule has 0 aliphatic heterocycles. The second-order valence-electron chi connectivity index (χ2n) is 13.6. The van der Waals surface area contributed by atoms with Crippen LogP contribution in [-0.2, 0) is 12.8 Å². The van der Waals surface area contributed by atoms with Gasteiger partial charge in [0.1, 0.15) is 8.07 Å². The van der Waals surface area contributed by atoms with Crippen molar-refractivity contribution in [3.8, 4) is 0 Å². The molecule has 0 amide bonds. The van der Waals surface area contributed by atoms with Gasteiger partial charge < -0.3 is 0 Å². The maximum absolute atomic E-state index is 3.63. The first kappa shape index (κ1) is 58.7. The molecule has 0 atom stereocenters. The Balaban J connectivity index is 0. The number of benzene rings is 6. The second kappa shape index (κ2) is 37.4. The minimum atomic E-state index is -1.44. The van der Waals surface area contributed by atoms with Crippen LogP contribution >= 0.6 is 98.4 Å². The van der Waals surface area contributed by atoms with Gasteiger partial charge in [0.25, 0.3) is 0 Å². The number of aryl methyl sites for hydroxylation is 2. The van der Waals surface area contributed by atoms with Crippen molar-refractivity contribution in [2.45, 2.75) is 59.4 Å². The van der Waals surface area contributed by atoms with Crippen molar-refractivity contribution in [2.75, 3.05) is 0 Å². The van der Waals surface area contributed by atoms with Gasteiger partial charge >= 0.3 is 50.5 Å². The fourth-order valence-corrected chi connectivity index (χ4v) is 9.42. The first-order valence-electron chi connectivity index (χ1n) is 18.3. The van der Waals surface area contributed by atoms with E-state index in [2.05, 4.69) is 272 Å². The van der Waals surface area contributed by atoms with Crippen molar-refractivity contribution in [2.24, 2.45) is 0 Å². The molecular formula is C49H61I6Si2-. The van der Waals surface area contributed by atoms with E-state index in [0.29, 0.717) is 13.3 Å². The van der Waals surface area contributed by atoms with Gasteiger partial charge in [0.15, 0.2) is 0 Å². The summed E-state index contributed by atoms with van der Waals surface area (Å²) < 4.78 is 0. The van der Waals surface area contributed by atoms with Crippen LogP contribution in [0.2, 0.25) is 32.2 Å². The summed E-state index contributed by atoms with van der Waals surface area (Å²) in [5.74, 6) is 0. The quantitative estimate of drug-likeness (QED) is 0.1000. The van der Waals surface area contributed by atoms with E-state index >= 15 is 0 Å². The van der Waals surface area contributed by atoms with E-state index in [0.717, 1.165) is 6.42 Å². The van der Waals surface area contributed by atoms with Crippen LogP contribution in [0.1, 0.15) is 36.6 Å². The zero-order valence-corrected chi connectivity index (χ0v) is 48.3. The van der Waals surface area contributed by atoms with E-state index in [-0.39, 0.29) is 31.4 Å². The number of rotatable bonds is 9. The van der Waals surface area contributed by atoms with Crippen LogP contribution in [-0.4, -0.2) is 16.1 Å². The third kappa shape index (κ3) is 28.0. The van der Waals surface area contributed by atoms with Crippen LogP contribution in [0, 0.1) is 0 Å². The van der Waals surface area contributed by atoms with E-state index in [9.17, 15) is 0 Å². The Bertz CT molecular complexity index is 1790. The normalized spacial score (nSPS) is 9.91. The van der Waals surface area contributed by atoms with Crippen LogP contribution in [0.5, 0.6) is 0 Å². The Hall–Kier alpha value is -0.386. The Morgan fingerprint density at radius 1 is 0.526 bits per heavy atom. The fraction of sp³-hybridized carbons (Fsp3) is 0.184. The predicted molar refractivity (Wildman–Crippen MR) is 308 cm³/mol. The molecule has 8 heteroatoms. The first-order valence-corrected chi connectivity index (χ1v) is 43.4. The summed E-state index contributed by atoms with van der Waals surface area (Å²) in [5, 5.41) is 3.04. The van der Waals surface area contributed by atoms with Crippen LogP contribution in [0.15, 0.2) is 194 Å². The molecular weight excluding hydrogens is 1410 g/mol. The summed E-state index contributed by atoms with van der Waals surface area (Å²) in [6.45, 7) is 15.5. The molecule has 0 nitrogen and oxygen atoms in total. The summed E-state index contributed by atoms with van der Waals surface area (Å²) in [6, 6.07) is 64.9. The van der Waals surface area contributed by atoms with Crippen LogP contribution in [0.4, 0.5) is 0 Å². The zero-order chi connectivity index (χ0) is 40.6. The number of halogens is 6. The fourth-order valence-electron chi connectivity index (χ4n) is 5.27. The average Bonchev–Trinajstić information content (AvgIpc) is 3.26. The molecule has 0 fully saturated rings. The molecule has 57 heavy (non-hydrogen) atoms. The van der Waals surface area contributed by atoms with Gasteiger partial charge in [-0.1, -0.05) is 257 Å². The molecule has 0 N–H and O–H groups in total. The SMILES string of the molecule is C.C=Cc1ccccc1.CCc1ccccc1.C[Si](C)(/C=C/c1ccccc1)c1ccccc1.C[Si](C)(CCc1ccccc1)c1ccccc1.I.II.I[I-]I. The maximum atomic E-state index is 3.63. The van der Waals surface area contributed by atoms with Gasteiger partial charge in [0, 0.05) is 37.2 Å². The summed E-state index contributed by atoms with van der Waals surface area (Å²) in [5.41, 5.74) is 7.73. The molecule has 6 rings (SSSR count). The monoisotopic (exact) mass is 1470 g/mol.